The van der Waals surface area contributed by atoms with Crippen LogP contribution in [0.25, 0.3) is 0 Å². The first-order valence-electron chi connectivity index (χ1n) is 9.26. The third-order valence-corrected chi connectivity index (χ3v) is 7.36. The Bertz CT molecular complexity index is 538. The maximum Gasteiger partial charge on any atom is 0.103 e. The quantitative estimate of drug-likeness (QED) is 0.578. The summed E-state index contributed by atoms with van der Waals surface area (Å²) in [6, 6.07) is 0. The van der Waals surface area contributed by atoms with E-state index in [1.165, 1.54) is 12.8 Å². The molecule has 3 rings (SSSR count). The van der Waals surface area contributed by atoms with Gasteiger partial charge < -0.3 is 20.4 Å². The largest absolute Gasteiger partial charge is 0.393 e. The second-order valence-electron chi connectivity index (χ2n) is 8.76. The van der Waals surface area contributed by atoms with Crippen molar-refractivity contribution in [2.45, 2.75) is 51.7 Å². The molecule has 4 N–H and O–H groups in total. The molecule has 3 fully saturated rings. The summed E-state index contributed by atoms with van der Waals surface area (Å²) in [5.41, 5.74) is -0.318. The summed E-state index contributed by atoms with van der Waals surface area (Å²) in [6.45, 7) is 5.75. The van der Waals surface area contributed by atoms with E-state index in [1.807, 2.05) is 6.08 Å². The molecule has 0 radical (unpaired) electrons. The minimum absolute atomic E-state index is 0.00530. The van der Waals surface area contributed by atoms with E-state index in [2.05, 4.69) is 13.8 Å². The van der Waals surface area contributed by atoms with Crippen LogP contribution in [0, 0.1) is 35.0 Å². The average Bonchev–Trinajstić information content (AvgIpc) is 2.97. The molecule has 8 atom stereocenters. The molecule has 0 spiro atoms. The number of aliphatic hydroxyl groups excluding tert-OH is 3. The Hall–Kier alpha value is -0.680. The highest BCUT2D eigenvalue weighted by Crippen LogP contribution is 2.73. The molecule has 1 unspecified atom stereocenters. The van der Waals surface area contributed by atoms with Crippen LogP contribution in [0.15, 0.2) is 23.8 Å². The van der Waals surface area contributed by atoms with Gasteiger partial charge in [0.2, 0.25) is 0 Å². The maximum atomic E-state index is 10.7. The standard InChI is InChI=1S/C20H32O4/c1-12-6-7-15-17(12)18-14(9-16(23)20(15,18)3)13(10-21)5-4-8-19(2,24)11-22/h4-5,8,12,14-18,21-24H,6-7,9-11H2,1-3H3/b8-4+,13-5+/t12-,14+,15+,16-,17-,18+,19?,20+/m1/s1. The Balaban J connectivity index is 1.83. The molecular weight excluding hydrogens is 304 g/mol. The number of aliphatic hydroxyl groups is 4. The van der Waals surface area contributed by atoms with E-state index in [0.29, 0.717) is 23.7 Å². The molecule has 0 heterocycles. The summed E-state index contributed by atoms with van der Waals surface area (Å²) in [5.74, 6) is 2.65. The number of hydrogen-bond donors (Lipinski definition) is 4. The van der Waals surface area contributed by atoms with Gasteiger partial charge in [-0.2, -0.15) is 0 Å². The van der Waals surface area contributed by atoms with Crippen molar-refractivity contribution in [3.05, 3.63) is 23.8 Å². The smallest absolute Gasteiger partial charge is 0.103 e. The van der Waals surface area contributed by atoms with E-state index in [1.54, 1.807) is 19.1 Å². The highest BCUT2D eigenvalue weighted by atomic mass is 16.3. The molecule has 0 aromatic heterocycles. The van der Waals surface area contributed by atoms with Gasteiger partial charge >= 0.3 is 0 Å². The van der Waals surface area contributed by atoms with Crippen LogP contribution in [0.1, 0.15) is 40.0 Å². The third kappa shape index (κ3) is 2.59. The lowest BCUT2D eigenvalue weighted by Crippen LogP contribution is -2.57. The van der Waals surface area contributed by atoms with Crippen LogP contribution in [0.2, 0.25) is 0 Å². The average molecular weight is 336 g/mol. The van der Waals surface area contributed by atoms with Crippen molar-refractivity contribution in [3.8, 4) is 0 Å². The molecule has 0 aromatic rings. The van der Waals surface area contributed by atoms with Gasteiger partial charge in [-0.1, -0.05) is 38.5 Å². The molecule has 0 aliphatic heterocycles. The number of allylic oxidation sites excluding steroid dienone is 2. The first kappa shape index (κ1) is 18.1. The van der Waals surface area contributed by atoms with Gasteiger partial charge in [0.05, 0.1) is 19.3 Å². The Morgan fingerprint density at radius 3 is 2.62 bits per heavy atom. The summed E-state index contributed by atoms with van der Waals surface area (Å²) in [7, 11) is 0. The normalized spacial score (nSPS) is 47.4. The summed E-state index contributed by atoms with van der Waals surface area (Å²) in [6.07, 6.45) is 8.03. The van der Waals surface area contributed by atoms with E-state index in [4.69, 9.17) is 5.11 Å². The molecule has 4 heteroatoms. The van der Waals surface area contributed by atoms with Gasteiger partial charge in [-0.15, -0.1) is 0 Å². The SMILES string of the molecule is C[C@@H]1CC[C@H]2[C@@H]1[C@@H]1[C@H](/C(=C/C=C/C(C)(O)CO)CO)C[C@@H](O)[C@@]12C. The van der Waals surface area contributed by atoms with Gasteiger partial charge in [-0.25, -0.2) is 0 Å². The Labute approximate surface area is 144 Å². The lowest BCUT2D eigenvalue weighted by atomic mass is 9.46. The van der Waals surface area contributed by atoms with Crippen LogP contribution >= 0.6 is 0 Å². The summed E-state index contributed by atoms with van der Waals surface area (Å²) >= 11 is 0. The van der Waals surface area contributed by atoms with E-state index in [9.17, 15) is 15.3 Å². The fourth-order valence-electron chi connectivity index (χ4n) is 6.02. The molecule has 0 bridgehead atoms. The van der Waals surface area contributed by atoms with Crippen LogP contribution in [0.4, 0.5) is 0 Å². The van der Waals surface area contributed by atoms with Gasteiger partial charge in [-0.05, 0) is 54.9 Å². The molecule has 3 saturated carbocycles. The Kier molecular flexibility index (Phi) is 4.71. The van der Waals surface area contributed by atoms with Gasteiger partial charge in [0.15, 0.2) is 0 Å². The zero-order valence-electron chi connectivity index (χ0n) is 15.0. The summed E-state index contributed by atoms with van der Waals surface area (Å²) < 4.78 is 0. The van der Waals surface area contributed by atoms with E-state index in [0.717, 1.165) is 12.0 Å². The highest BCUT2D eigenvalue weighted by molar-refractivity contribution is 5.27. The van der Waals surface area contributed by atoms with Crippen molar-refractivity contribution in [1.82, 2.24) is 0 Å². The lowest BCUT2D eigenvalue weighted by Gasteiger charge is -2.58. The van der Waals surface area contributed by atoms with Crippen LogP contribution in [0.3, 0.4) is 0 Å². The van der Waals surface area contributed by atoms with Crippen LogP contribution < -0.4 is 0 Å². The van der Waals surface area contributed by atoms with Crippen LogP contribution in [-0.4, -0.2) is 45.3 Å². The Morgan fingerprint density at radius 1 is 1.29 bits per heavy atom. The zero-order chi connectivity index (χ0) is 17.7. The topological polar surface area (TPSA) is 80.9 Å². The van der Waals surface area contributed by atoms with E-state index < -0.39 is 5.60 Å². The van der Waals surface area contributed by atoms with Crippen molar-refractivity contribution in [3.63, 3.8) is 0 Å². The first-order valence-corrected chi connectivity index (χ1v) is 9.26. The van der Waals surface area contributed by atoms with Crippen molar-refractivity contribution >= 4 is 0 Å². The number of fused-ring (bicyclic) bond motifs is 4. The fourth-order valence-corrected chi connectivity index (χ4v) is 6.02. The molecule has 136 valence electrons. The summed E-state index contributed by atoms with van der Waals surface area (Å²) in [4.78, 5) is 0. The van der Waals surface area contributed by atoms with Gasteiger partial charge in [-0.3, -0.25) is 0 Å². The van der Waals surface area contributed by atoms with Crippen molar-refractivity contribution < 1.29 is 20.4 Å². The molecular formula is C20H32O4. The van der Waals surface area contributed by atoms with Crippen molar-refractivity contribution in [2.75, 3.05) is 13.2 Å². The molecule has 24 heavy (non-hydrogen) atoms. The maximum absolute atomic E-state index is 10.7. The van der Waals surface area contributed by atoms with Crippen LogP contribution in [-0.2, 0) is 0 Å². The first-order chi connectivity index (χ1) is 11.3. The third-order valence-electron chi connectivity index (χ3n) is 7.36. The van der Waals surface area contributed by atoms with Gasteiger partial charge in [0.25, 0.3) is 0 Å². The molecule has 0 amide bonds. The number of hydrogen-bond acceptors (Lipinski definition) is 4. The molecule has 4 nitrogen and oxygen atoms in total. The van der Waals surface area contributed by atoms with Gasteiger partial charge in [0.1, 0.15) is 5.60 Å². The van der Waals surface area contributed by atoms with Crippen molar-refractivity contribution in [1.29, 1.82) is 0 Å². The zero-order valence-corrected chi connectivity index (χ0v) is 15.0. The molecule has 0 saturated heterocycles. The second kappa shape index (κ2) is 6.24. The lowest BCUT2D eigenvalue weighted by molar-refractivity contribution is -0.143. The summed E-state index contributed by atoms with van der Waals surface area (Å²) in [5, 5.41) is 39.6. The Morgan fingerprint density at radius 2 is 2.00 bits per heavy atom. The molecule has 3 aliphatic rings. The number of rotatable bonds is 5. The molecule has 3 aliphatic carbocycles. The predicted octanol–water partition coefficient (Wildman–Crippen LogP) is 1.88. The van der Waals surface area contributed by atoms with Crippen LogP contribution in [0.5, 0.6) is 0 Å². The monoisotopic (exact) mass is 336 g/mol. The minimum Gasteiger partial charge on any atom is -0.393 e. The fraction of sp³-hybridized carbons (Fsp3) is 0.800. The van der Waals surface area contributed by atoms with E-state index >= 15 is 0 Å². The molecule has 0 aromatic carbocycles. The van der Waals surface area contributed by atoms with Crippen molar-refractivity contribution in [2.24, 2.45) is 35.0 Å². The predicted molar refractivity (Wildman–Crippen MR) is 93.1 cm³/mol. The highest BCUT2D eigenvalue weighted by Gasteiger charge is 2.70. The van der Waals surface area contributed by atoms with E-state index in [-0.39, 0.29) is 30.7 Å². The minimum atomic E-state index is -1.25. The van der Waals surface area contributed by atoms with Gasteiger partial charge in [0, 0.05) is 5.41 Å². The second-order valence-corrected chi connectivity index (χ2v) is 8.76.